The Kier molecular flexibility index (Phi) is 1.76. The van der Waals surface area contributed by atoms with Gasteiger partial charge in [0.05, 0.1) is 0 Å². The molecule has 58 valence electrons. The summed E-state index contributed by atoms with van der Waals surface area (Å²) in [5.74, 6) is 0. The monoisotopic (exact) mass is 139 g/mol. The third-order valence-electron chi connectivity index (χ3n) is 2.74. The lowest BCUT2D eigenvalue weighted by Gasteiger charge is -2.31. The first kappa shape index (κ1) is 7.64. The van der Waals surface area contributed by atoms with Gasteiger partial charge in [0.2, 0.25) is 0 Å². The maximum atomic E-state index is 5.83. The first-order valence-corrected chi connectivity index (χ1v) is 4.00. The number of hydrogen-bond acceptors (Lipinski definition) is 1. The fraction of sp³-hybridized carbons (Fsp3) is 0.778. The fourth-order valence-corrected chi connectivity index (χ4v) is 1.53. The van der Waals surface area contributed by atoms with E-state index in [-0.39, 0.29) is 0 Å². The van der Waals surface area contributed by atoms with Gasteiger partial charge in [-0.1, -0.05) is 13.8 Å². The van der Waals surface area contributed by atoms with Crippen molar-refractivity contribution in [2.75, 3.05) is 0 Å². The molecule has 0 fully saturated rings. The van der Waals surface area contributed by atoms with Gasteiger partial charge in [-0.3, -0.25) is 0 Å². The lowest BCUT2D eigenvalue weighted by Crippen LogP contribution is -2.22. The molecule has 0 aromatic rings. The summed E-state index contributed by atoms with van der Waals surface area (Å²) in [7, 11) is 0. The second-order valence-electron chi connectivity index (χ2n) is 3.89. The lowest BCUT2D eigenvalue weighted by molar-refractivity contribution is 0.366. The summed E-state index contributed by atoms with van der Waals surface area (Å²) in [6.07, 6.45) is 3.66. The number of allylic oxidation sites excluding steroid dienone is 2. The first-order valence-electron chi connectivity index (χ1n) is 4.00. The van der Waals surface area contributed by atoms with Crippen LogP contribution in [0.3, 0.4) is 0 Å². The average molecular weight is 139 g/mol. The molecule has 0 aromatic heterocycles. The summed E-state index contributed by atoms with van der Waals surface area (Å²) in [6.45, 7) is 6.71. The minimum Gasteiger partial charge on any atom is -0.402 e. The van der Waals surface area contributed by atoms with Gasteiger partial charge in [-0.05, 0) is 37.2 Å². The summed E-state index contributed by atoms with van der Waals surface area (Å²) in [5.41, 5.74) is 8.72. The molecule has 0 bridgehead atoms. The highest BCUT2D eigenvalue weighted by molar-refractivity contribution is 5.18. The predicted molar refractivity (Wildman–Crippen MR) is 44.5 cm³/mol. The molecule has 1 rings (SSSR count). The zero-order valence-corrected chi connectivity index (χ0v) is 7.20. The molecule has 1 aliphatic carbocycles. The highest BCUT2D eigenvalue weighted by atomic mass is 14.6. The fourth-order valence-electron chi connectivity index (χ4n) is 1.53. The van der Waals surface area contributed by atoms with Crippen LogP contribution in [-0.4, -0.2) is 0 Å². The Morgan fingerprint density at radius 2 is 2.00 bits per heavy atom. The van der Waals surface area contributed by atoms with Gasteiger partial charge in [0, 0.05) is 5.70 Å². The van der Waals surface area contributed by atoms with Gasteiger partial charge in [0.1, 0.15) is 0 Å². The summed E-state index contributed by atoms with van der Waals surface area (Å²) in [4.78, 5) is 0. The lowest BCUT2D eigenvalue weighted by atomic mass is 9.75. The maximum Gasteiger partial charge on any atom is 0.00750 e. The van der Waals surface area contributed by atoms with E-state index in [1.54, 1.807) is 0 Å². The third-order valence-corrected chi connectivity index (χ3v) is 2.74. The smallest absolute Gasteiger partial charge is 0.00750 e. The predicted octanol–water partition coefficient (Wildman–Crippen LogP) is 2.43. The molecular formula is C9H17N. The summed E-state index contributed by atoms with van der Waals surface area (Å²) < 4.78 is 0. The van der Waals surface area contributed by atoms with Crippen LogP contribution in [0.15, 0.2) is 11.3 Å². The Morgan fingerprint density at radius 3 is 2.40 bits per heavy atom. The van der Waals surface area contributed by atoms with Crippen molar-refractivity contribution in [1.82, 2.24) is 0 Å². The molecule has 0 atom stereocenters. The van der Waals surface area contributed by atoms with Gasteiger partial charge < -0.3 is 5.73 Å². The molecule has 1 heteroatoms. The Labute approximate surface area is 63.3 Å². The van der Waals surface area contributed by atoms with Crippen molar-refractivity contribution in [2.24, 2.45) is 11.1 Å². The molecule has 1 aliphatic rings. The molecule has 0 aromatic carbocycles. The minimum atomic E-state index is 0.363. The van der Waals surface area contributed by atoms with Gasteiger partial charge in [-0.25, -0.2) is 0 Å². The van der Waals surface area contributed by atoms with Crippen molar-refractivity contribution in [1.29, 1.82) is 0 Å². The molecule has 0 saturated heterocycles. The van der Waals surface area contributed by atoms with E-state index >= 15 is 0 Å². The van der Waals surface area contributed by atoms with Gasteiger partial charge in [0.25, 0.3) is 0 Å². The Hall–Kier alpha value is -0.460. The SMILES string of the molecule is CC1=C(N)CCCC1(C)C. The number of nitrogens with two attached hydrogens (primary N) is 1. The second-order valence-corrected chi connectivity index (χ2v) is 3.89. The molecule has 0 spiro atoms. The van der Waals surface area contributed by atoms with Crippen molar-refractivity contribution >= 4 is 0 Å². The van der Waals surface area contributed by atoms with E-state index in [0.29, 0.717) is 5.41 Å². The van der Waals surface area contributed by atoms with Crippen molar-refractivity contribution in [3.63, 3.8) is 0 Å². The van der Waals surface area contributed by atoms with Crippen LogP contribution in [0, 0.1) is 5.41 Å². The van der Waals surface area contributed by atoms with E-state index in [4.69, 9.17) is 5.73 Å². The van der Waals surface area contributed by atoms with E-state index in [9.17, 15) is 0 Å². The molecule has 1 nitrogen and oxygen atoms in total. The quantitative estimate of drug-likeness (QED) is 0.548. The molecule has 2 N–H and O–H groups in total. The van der Waals surface area contributed by atoms with E-state index in [1.807, 2.05) is 0 Å². The van der Waals surface area contributed by atoms with Gasteiger partial charge >= 0.3 is 0 Å². The Morgan fingerprint density at radius 1 is 1.40 bits per heavy atom. The average Bonchev–Trinajstić information content (AvgIpc) is 1.83. The summed E-state index contributed by atoms with van der Waals surface area (Å²) in [5, 5.41) is 0. The van der Waals surface area contributed by atoms with Crippen molar-refractivity contribution in [3.8, 4) is 0 Å². The van der Waals surface area contributed by atoms with Crippen LogP contribution in [0.1, 0.15) is 40.0 Å². The summed E-state index contributed by atoms with van der Waals surface area (Å²) >= 11 is 0. The van der Waals surface area contributed by atoms with Crippen LogP contribution in [0.4, 0.5) is 0 Å². The molecular weight excluding hydrogens is 122 g/mol. The third kappa shape index (κ3) is 1.18. The molecule has 0 heterocycles. The Bertz CT molecular complexity index is 166. The van der Waals surface area contributed by atoms with E-state index in [1.165, 1.54) is 18.4 Å². The molecule has 0 radical (unpaired) electrons. The maximum absolute atomic E-state index is 5.83. The van der Waals surface area contributed by atoms with Gasteiger partial charge in [0.15, 0.2) is 0 Å². The van der Waals surface area contributed by atoms with Crippen LogP contribution in [0.5, 0.6) is 0 Å². The number of rotatable bonds is 0. The molecule has 0 amide bonds. The van der Waals surface area contributed by atoms with E-state index in [2.05, 4.69) is 20.8 Å². The van der Waals surface area contributed by atoms with Gasteiger partial charge in [-0.2, -0.15) is 0 Å². The van der Waals surface area contributed by atoms with Crippen LogP contribution in [0.25, 0.3) is 0 Å². The largest absolute Gasteiger partial charge is 0.402 e. The van der Waals surface area contributed by atoms with E-state index in [0.717, 1.165) is 12.1 Å². The molecule has 0 saturated carbocycles. The van der Waals surface area contributed by atoms with Crippen molar-refractivity contribution < 1.29 is 0 Å². The van der Waals surface area contributed by atoms with Crippen LogP contribution in [0.2, 0.25) is 0 Å². The first-order chi connectivity index (χ1) is 4.54. The van der Waals surface area contributed by atoms with Crippen LogP contribution >= 0.6 is 0 Å². The number of hydrogen-bond donors (Lipinski definition) is 1. The molecule has 0 unspecified atom stereocenters. The second kappa shape index (κ2) is 2.30. The minimum absolute atomic E-state index is 0.363. The topological polar surface area (TPSA) is 26.0 Å². The van der Waals surface area contributed by atoms with Crippen LogP contribution in [-0.2, 0) is 0 Å². The van der Waals surface area contributed by atoms with Crippen molar-refractivity contribution in [3.05, 3.63) is 11.3 Å². The van der Waals surface area contributed by atoms with E-state index < -0.39 is 0 Å². The zero-order valence-electron chi connectivity index (χ0n) is 7.20. The summed E-state index contributed by atoms with van der Waals surface area (Å²) in [6, 6.07) is 0. The van der Waals surface area contributed by atoms with Gasteiger partial charge in [-0.15, -0.1) is 0 Å². The highest BCUT2D eigenvalue weighted by Gasteiger charge is 2.25. The molecule has 10 heavy (non-hydrogen) atoms. The standard InChI is InChI=1S/C9H17N/c1-7-8(10)5-4-6-9(7,2)3/h4-6,10H2,1-3H3. The highest BCUT2D eigenvalue weighted by Crippen LogP contribution is 2.37. The zero-order chi connectivity index (χ0) is 7.78. The Balaban J connectivity index is 2.89. The van der Waals surface area contributed by atoms with Crippen LogP contribution < -0.4 is 5.73 Å². The normalized spacial score (nSPS) is 25.1. The molecule has 0 aliphatic heterocycles. The van der Waals surface area contributed by atoms with Crippen molar-refractivity contribution in [2.45, 2.75) is 40.0 Å².